The minimum Gasteiger partial charge on any atom is -0.497 e. The van der Waals surface area contributed by atoms with Gasteiger partial charge in [0.05, 0.1) is 7.11 Å². The molecule has 0 saturated carbocycles. The molecule has 1 N–H and O–H groups in total. The Hall–Kier alpha value is -3.55. The minimum absolute atomic E-state index is 0.0733. The van der Waals surface area contributed by atoms with Gasteiger partial charge in [-0.3, -0.25) is 14.5 Å². The molecule has 0 aliphatic carbocycles. The number of benzene rings is 2. The summed E-state index contributed by atoms with van der Waals surface area (Å²) in [5.41, 5.74) is 2.28. The fourth-order valence-electron chi connectivity index (χ4n) is 5.43. The normalized spacial score (nSPS) is 17.2. The van der Waals surface area contributed by atoms with Crippen molar-refractivity contribution in [2.45, 2.75) is 51.5 Å². The zero-order valence-corrected chi connectivity index (χ0v) is 22.0. The average Bonchev–Trinajstić information content (AvgIpc) is 3.07. The quantitative estimate of drug-likeness (QED) is 0.485. The van der Waals surface area contributed by atoms with Gasteiger partial charge in [-0.25, -0.2) is 4.79 Å². The van der Waals surface area contributed by atoms with E-state index in [0.29, 0.717) is 51.9 Å². The van der Waals surface area contributed by atoms with Crippen molar-refractivity contribution in [3.8, 4) is 5.75 Å². The molecule has 3 amide bonds. The van der Waals surface area contributed by atoms with Crippen LogP contribution in [0.4, 0.5) is 10.5 Å². The van der Waals surface area contributed by atoms with E-state index in [1.807, 2.05) is 67.3 Å². The number of rotatable bonds is 10. The lowest BCUT2D eigenvalue weighted by Crippen LogP contribution is -2.57. The zero-order valence-electron chi connectivity index (χ0n) is 22.0. The number of nitrogens with zero attached hydrogens (tertiary/aromatic N) is 3. The Morgan fingerprint density at radius 1 is 1.03 bits per heavy atom. The number of piperidine rings is 1. The van der Waals surface area contributed by atoms with Gasteiger partial charge in [-0.2, -0.15) is 0 Å². The van der Waals surface area contributed by atoms with Crippen LogP contribution in [-0.4, -0.2) is 71.6 Å². The highest BCUT2D eigenvalue weighted by Crippen LogP contribution is 2.39. The van der Waals surface area contributed by atoms with Crippen LogP contribution in [0.1, 0.15) is 44.2 Å². The lowest BCUT2D eigenvalue weighted by molar-refractivity contribution is -0.137. The zero-order chi connectivity index (χ0) is 26.6. The number of hydrogen-bond donors (Lipinski definition) is 1. The highest BCUT2D eigenvalue weighted by Gasteiger charge is 2.57. The summed E-state index contributed by atoms with van der Waals surface area (Å²) in [4.78, 5) is 43.8. The van der Waals surface area contributed by atoms with Gasteiger partial charge >= 0.3 is 12.0 Å². The van der Waals surface area contributed by atoms with E-state index >= 15 is 0 Å². The summed E-state index contributed by atoms with van der Waals surface area (Å²) in [5.74, 6) is 0.0986. The molecule has 0 bridgehead atoms. The number of anilines is 1. The van der Waals surface area contributed by atoms with Crippen LogP contribution in [-0.2, 0) is 22.4 Å². The van der Waals surface area contributed by atoms with Crippen LogP contribution in [0.3, 0.4) is 0 Å². The molecule has 2 fully saturated rings. The standard InChI is InChI=1S/C29H37N3O5/c1-21(2)20-31-27(35)29(32(28(31)36)16-13-22-7-10-25(37-3)11-8-22)14-17-30(18-15-29)24-6-4-5-23(19-24)9-12-26(33)34/h4-8,10-11,19,21H,9,12-18,20H2,1-3H3,(H,33,34). The number of methoxy groups -OCH3 is 1. The molecule has 2 aromatic rings. The SMILES string of the molecule is COc1ccc(CCN2C(=O)N(CC(C)C)C(=O)C23CCN(c2cccc(CCC(=O)O)c2)CC3)cc1. The van der Waals surface area contributed by atoms with Gasteiger partial charge in [-0.05, 0) is 67.0 Å². The molecule has 4 rings (SSSR count). The molecule has 2 aliphatic rings. The minimum atomic E-state index is -0.824. The molecule has 2 aliphatic heterocycles. The van der Waals surface area contributed by atoms with Gasteiger partial charge in [0.15, 0.2) is 0 Å². The Kier molecular flexibility index (Phi) is 8.05. The summed E-state index contributed by atoms with van der Waals surface area (Å²) in [7, 11) is 1.63. The van der Waals surface area contributed by atoms with Gasteiger partial charge < -0.3 is 19.6 Å². The number of aryl methyl sites for hydroxylation is 1. The van der Waals surface area contributed by atoms with E-state index < -0.39 is 11.5 Å². The fourth-order valence-corrected chi connectivity index (χ4v) is 5.43. The first kappa shape index (κ1) is 26.5. The number of aliphatic carboxylic acids is 1. The van der Waals surface area contributed by atoms with Gasteiger partial charge in [0.25, 0.3) is 5.91 Å². The molecule has 2 aromatic carbocycles. The molecule has 0 aromatic heterocycles. The van der Waals surface area contributed by atoms with E-state index in [-0.39, 0.29) is 24.3 Å². The number of imide groups is 1. The number of amides is 3. The first-order valence-corrected chi connectivity index (χ1v) is 13.1. The second-order valence-electron chi connectivity index (χ2n) is 10.4. The lowest BCUT2D eigenvalue weighted by Gasteiger charge is -2.43. The summed E-state index contributed by atoms with van der Waals surface area (Å²) in [6, 6.07) is 15.6. The van der Waals surface area contributed by atoms with Gasteiger partial charge in [-0.15, -0.1) is 0 Å². The second-order valence-corrected chi connectivity index (χ2v) is 10.4. The Balaban J connectivity index is 1.51. The van der Waals surface area contributed by atoms with Crippen molar-refractivity contribution in [3.63, 3.8) is 0 Å². The molecule has 1 spiro atoms. The van der Waals surface area contributed by atoms with Gasteiger partial charge in [-0.1, -0.05) is 38.1 Å². The summed E-state index contributed by atoms with van der Waals surface area (Å²) in [5, 5.41) is 9.01. The van der Waals surface area contributed by atoms with Crippen LogP contribution in [0.2, 0.25) is 0 Å². The third-order valence-electron chi connectivity index (χ3n) is 7.45. The first-order valence-electron chi connectivity index (χ1n) is 13.1. The number of carboxylic acid groups (broad SMARTS) is 1. The highest BCUT2D eigenvalue weighted by molar-refractivity contribution is 6.07. The van der Waals surface area contributed by atoms with Crippen molar-refractivity contribution in [3.05, 3.63) is 59.7 Å². The van der Waals surface area contributed by atoms with Crippen molar-refractivity contribution in [1.82, 2.24) is 9.80 Å². The molecule has 0 unspecified atom stereocenters. The molecule has 8 heteroatoms. The molecule has 2 saturated heterocycles. The predicted molar refractivity (Wildman–Crippen MR) is 142 cm³/mol. The second kappa shape index (κ2) is 11.2. The number of carboxylic acids is 1. The third-order valence-corrected chi connectivity index (χ3v) is 7.45. The number of urea groups is 1. The topological polar surface area (TPSA) is 90.4 Å². The smallest absolute Gasteiger partial charge is 0.327 e. The van der Waals surface area contributed by atoms with E-state index in [0.717, 1.165) is 22.6 Å². The van der Waals surface area contributed by atoms with Crippen molar-refractivity contribution >= 4 is 23.6 Å². The van der Waals surface area contributed by atoms with E-state index in [2.05, 4.69) is 4.90 Å². The molecule has 8 nitrogen and oxygen atoms in total. The van der Waals surface area contributed by atoms with E-state index in [9.17, 15) is 14.4 Å². The maximum atomic E-state index is 13.8. The van der Waals surface area contributed by atoms with Crippen LogP contribution in [0.5, 0.6) is 5.75 Å². The summed E-state index contributed by atoms with van der Waals surface area (Å²) in [6.07, 6.45) is 2.37. The third kappa shape index (κ3) is 5.73. The number of carbonyl (C=O) groups excluding carboxylic acids is 2. The Labute approximate surface area is 218 Å². The Bertz CT molecular complexity index is 1120. The van der Waals surface area contributed by atoms with Crippen molar-refractivity contribution < 1.29 is 24.2 Å². The fraction of sp³-hybridized carbons (Fsp3) is 0.483. The molecule has 0 radical (unpaired) electrons. The number of hydrogen-bond acceptors (Lipinski definition) is 5. The maximum absolute atomic E-state index is 13.8. The van der Waals surface area contributed by atoms with E-state index in [1.165, 1.54) is 4.90 Å². The molecular weight excluding hydrogens is 470 g/mol. The maximum Gasteiger partial charge on any atom is 0.327 e. The van der Waals surface area contributed by atoms with Crippen molar-refractivity contribution in [2.75, 3.05) is 38.2 Å². The molecule has 2 heterocycles. The van der Waals surface area contributed by atoms with E-state index in [1.54, 1.807) is 7.11 Å². The molecular formula is C29H37N3O5. The number of carbonyl (C=O) groups is 3. The monoisotopic (exact) mass is 507 g/mol. The van der Waals surface area contributed by atoms with Crippen LogP contribution in [0.15, 0.2) is 48.5 Å². The largest absolute Gasteiger partial charge is 0.497 e. The summed E-state index contributed by atoms with van der Waals surface area (Å²) >= 11 is 0. The van der Waals surface area contributed by atoms with Gasteiger partial charge in [0.2, 0.25) is 0 Å². The van der Waals surface area contributed by atoms with E-state index in [4.69, 9.17) is 9.84 Å². The summed E-state index contributed by atoms with van der Waals surface area (Å²) < 4.78 is 5.25. The molecule has 0 atom stereocenters. The number of ether oxygens (including phenoxy) is 1. The Morgan fingerprint density at radius 2 is 1.73 bits per heavy atom. The van der Waals surface area contributed by atoms with Crippen LogP contribution >= 0.6 is 0 Å². The van der Waals surface area contributed by atoms with Gasteiger partial charge in [0.1, 0.15) is 11.3 Å². The molecule has 198 valence electrons. The van der Waals surface area contributed by atoms with Crippen molar-refractivity contribution in [2.24, 2.45) is 5.92 Å². The van der Waals surface area contributed by atoms with Crippen LogP contribution < -0.4 is 9.64 Å². The average molecular weight is 508 g/mol. The molecule has 37 heavy (non-hydrogen) atoms. The van der Waals surface area contributed by atoms with Crippen LogP contribution in [0, 0.1) is 5.92 Å². The first-order chi connectivity index (χ1) is 17.7. The highest BCUT2D eigenvalue weighted by atomic mass is 16.5. The predicted octanol–water partition coefficient (Wildman–Crippen LogP) is 4.21. The lowest BCUT2D eigenvalue weighted by atomic mass is 9.85. The Morgan fingerprint density at radius 3 is 2.35 bits per heavy atom. The van der Waals surface area contributed by atoms with Crippen LogP contribution in [0.25, 0.3) is 0 Å². The summed E-state index contributed by atoms with van der Waals surface area (Å²) in [6.45, 7) is 6.25. The van der Waals surface area contributed by atoms with Gasteiger partial charge in [0, 0.05) is 38.3 Å². The van der Waals surface area contributed by atoms with Crippen molar-refractivity contribution in [1.29, 1.82) is 0 Å².